The Morgan fingerprint density at radius 1 is 1.15 bits per heavy atom. The number of primary amides is 1. The van der Waals surface area contributed by atoms with Gasteiger partial charge in [-0.2, -0.15) is 0 Å². The summed E-state index contributed by atoms with van der Waals surface area (Å²) in [4.78, 5) is 50.5. The first-order valence-corrected chi connectivity index (χ1v) is 12.1. The predicted molar refractivity (Wildman–Crippen MR) is 138 cm³/mol. The maximum absolute atomic E-state index is 13.7. The smallest absolute Gasteiger partial charge is 0.270 e. The van der Waals surface area contributed by atoms with E-state index >= 15 is 0 Å². The zero-order valence-electron chi connectivity index (χ0n) is 21.0. The Hall–Kier alpha value is -4.71. The lowest BCUT2D eigenvalue weighted by molar-refractivity contribution is -0.384. The standard InChI is InChI=1S/C27H25N3O9/c1-29(2)17-10-15(11-4-3-5-14(7-11)30(38)39)22(32)20-16(17)8-12-6-13-9-18(31)21(26(28)36)25(35)27(13,37)24(34)19(12)23(20)33/h3-5,7,10,12-13,32-33,35,37H,6,8-9H2,1-2H3,(H2,28,36)/t12?,13?,27-/m0/s1. The number of fused-ring (bicyclic) bond motifs is 3. The summed E-state index contributed by atoms with van der Waals surface area (Å²) in [5.74, 6) is -7.12. The molecule has 2 aromatic carbocycles. The molecule has 0 saturated heterocycles. The summed E-state index contributed by atoms with van der Waals surface area (Å²) < 4.78 is 0. The zero-order valence-corrected chi connectivity index (χ0v) is 21.0. The number of aliphatic hydroxyl groups excluding tert-OH is 2. The van der Waals surface area contributed by atoms with Crippen molar-refractivity contribution >= 4 is 34.6 Å². The van der Waals surface area contributed by atoms with Gasteiger partial charge in [-0.25, -0.2) is 0 Å². The van der Waals surface area contributed by atoms with Gasteiger partial charge in [-0.15, -0.1) is 0 Å². The van der Waals surface area contributed by atoms with E-state index in [1.54, 1.807) is 31.1 Å². The van der Waals surface area contributed by atoms with Crippen LogP contribution in [0.4, 0.5) is 11.4 Å². The molecule has 0 aromatic heterocycles. The van der Waals surface area contributed by atoms with E-state index in [0.29, 0.717) is 16.8 Å². The maximum atomic E-state index is 13.7. The number of ketones is 2. The molecule has 5 rings (SSSR count). The normalized spacial score (nSPS) is 24.2. The highest BCUT2D eigenvalue weighted by atomic mass is 16.6. The second-order valence-electron chi connectivity index (χ2n) is 10.3. The number of nitro groups is 1. The molecule has 12 nitrogen and oxygen atoms in total. The maximum Gasteiger partial charge on any atom is 0.270 e. The quantitative estimate of drug-likeness (QED) is 0.219. The van der Waals surface area contributed by atoms with Crippen molar-refractivity contribution in [2.45, 2.75) is 24.9 Å². The number of benzene rings is 2. The zero-order chi connectivity index (χ0) is 28.5. The largest absolute Gasteiger partial charge is 0.508 e. The second kappa shape index (κ2) is 8.67. The van der Waals surface area contributed by atoms with Gasteiger partial charge in [0.2, 0.25) is 5.78 Å². The molecule has 2 aromatic rings. The van der Waals surface area contributed by atoms with Crippen LogP contribution in [-0.2, 0) is 20.8 Å². The Kier molecular flexibility index (Phi) is 5.76. The highest BCUT2D eigenvalue weighted by molar-refractivity contribution is 6.22. The molecule has 1 fully saturated rings. The first-order valence-electron chi connectivity index (χ1n) is 12.1. The molecule has 3 aliphatic carbocycles. The van der Waals surface area contributed by atoms with Gasteiger partial charge in [0.05, 0.1) is 10.5 Å². The second-order valence-corrected chi connectivity index (χ2v) is 10.3. The summed E-state index contributed by atoms with van der Waals surface area (Å²) in [5.41, 5.74) is 2.66. The van der Waals surface area contributed by atoms with E-state index in [-0.39, 0.29) is 35.2 Å². The van der Waals surface area contributed by atoms with Gasteiger partial charge in [-0.1, -0.05) is 12.1 Å². The summed E-state index contributed by atoms with van der Waals surface area (Å²) >= 11 is 0. The predicted octanol–water partition coefficient (Wildman–Crippen LogP) is 2.07. The summed E-state index contributed by atoms with van der Waals surface area (Å²) in [7, 11) is 3.47. The van der Waals surface area contributed by atoms with Crippen LogP contribution in [0.1, 0.15) is 24.0 Å². The average Bonchev–Trinajstić information content (AvgIpc) is 2.86. The van der Waals surface area contributed by atoms with Crippen LogP contribution in [0, 0.1) is 22.0 Å². The van der Waals surface area contributed by atoms with E-state index in [2.05, 4.69) is 0 Å². The lowest BCUT2D eigenvalue weighted by atomic mass is 9.59. The molecular weight excluding hydrogens is 510 g/mol. The van der Waals surface area contributed by atoms with E-state index in [4.69, 9.17) is 5.73 Å². The molecule has 0 bridgehead atoms. The minimum atomic E-state index is -2.66. The molecule has 0 aliphatic heterocycles. The molecular formula is C27H25N3O9. The van der Waals surface area contributed by atoms with Crippen LogP contribution >= 0.6 is 0 Å². The molecule has 6 N–H and O–H groups in total. The number of phenolic OH excluding ortho intramolecular Hbond substituents is 1. The van der Waals surface area contributed by atoms with E-state index < -0.39 is 69.1 Å². The van der Waals surface area contributed by atoms with Crippen LogP contribution in [0.5, 0.6) is 5.75 Å². The molecule has 0 heterocycles. The van der Waals surface area contributed by atoms with Gasteiger partial charge in [0, 0.05) is 55.4 Å². The van der Waals surface area contributed by atoms with Crippen molar-refractivity contribution in [2.75, 3.05) is 19.0 Å². The number of phenols is 1. The number of aromatic hydroxyl groups is 1. The number of nitro benzene ring substituents is 1. The molecule has 0 radical (unpaired) electrons. The molecule has 1 amide bonds. The van der Waals surface area contributed by atoms with Crippen molar-refractivity contribution in [1.82, 2.24) is 0 Å². The van der Waals surface area contributed by atoms with Crippen molar-refractivity contribution in [1.29, 1.82) is 0 Å². The number of hydrogen-bond donors (Lipinski definition) is 5. The SMILES string of the molecule is CN(C)c1cc(-c2cccc([N+](=O)[O-])c2)c(O)c2c1CC1CC3CC(=O)C(C(N)=O)=C(O)[C@@]3(O)C(=O)C1=C2O. The number of Topliss-reactive ketones (excluding diaryl/α,β-unsaturated/α-hetero) is 2. The molecule has 3 aliphatic rings. The van der Waals surface area contributed by atoms with Gasteiger partial charge in [-0.3, -0.25) is 24.5 Å². The van der Waals surface area contributed by atoms with Crippen molar-refractivity contribution in [3.63, 3.8) is 0 Å². The third kappa shape index (κ3) is 3.59. The Morgan fingerprint density at radius 3 is 2.46 bits per heavy atom. The average molecular weight is 536 g/mol. The van der Waals surface area contributed by atoms with Crippen LogP contribution in [0.3, 0.4) is 0 Å². The van der Waals surface area contributed by atoms with Crippen molar-refractivity contribution < 1.29 is 39.7 Å². The number of aliphatic hydroxyl groups is 3. The number of nitrogens with zero attached hydrogens (tertiary/aromatic N) is 2. The van der Waals surface area contributed by atoms with E-state index in [9.17, 15) is 44.9 Å². The Bertz CT molecular complexity index is 1570. The molecule has 1 saturated carbocycles. The Morgan fingerprint density at radius 2 is 1.85 bits per heavy atom. The van der Waals surface area contributed by atoms with E-state index in [1.165, 1.54) is 18.2 Å². The van der Waals surface area contributed by atoms with Crippen molar-refractivity contribution in [3.05, 3.63) is 68.5 Å². The number of carbonyl (C=O) groups is 3. The minimum Gasteiger partial charge on any atom is -0.508 e. The third-order valence-electron chi connectivity index (χ3n) is 7.89. The first-order chi connectivity index (χ1) is 18.3. The van der Waals surface area contributed by atoms with Crippen LogP contribution in [-0.4, -0.2) is 62.5 Å². The molecule has 12 heteroatoms. The van der Waals surface area contributed by atoms with Gasteiger partial charge in [0.1, 0.15) is 22.8 Å². The van der Waals surface area contributed by atoms with Crippen molar-refractivity contribution in [2.24, 2.45) is 17.6 Å². The highest BCUT2D eigenvalue weighted by Crippen LogP contribution is 2.54. The van der Waals surface area contributed by atoms with Gasteiger partial charge in [0.15, 0.2) is 11.4 Å². The number of nitrogens with two attached hydrogens (primary N) is 1. The van der Waals surface area contributed by atoms with Gasteiger partial charge in [0.25, 0.3) is 11.6 Å². The molecule has 202 valence electrons. The lowest BCUT2D eigenvalue weighted by Gasteiger charge is -2.46. The fraction of sp³-hybridized carbons (Fsp3) is 0.296. The Labute approximate surface area is 221 Å². The van der Waals surface area contributed by atoms with Gasteiger partial charge >= 0.3 is 0 Å². The van der Waals surface area contributed by atoms with Crippen LogP contribution in [0.2, 0.25) is 0 Å². The van der Waals surface area contributed by atoms with Crippen LogP contribution < -0.4 is 10.6 Å². The first kappa shape index (κ1) is 25.9. The number of non-ortho nitro benzene ring substituents is 1. The number of amides is 1. The molecule has 2 unspecified atom stereocenters. The van der Waals surface area contributed by atoms with E-state index in [1.807, 2.05) is 0 Å². The van der Waals surface area contributed by atoms with E-state index in [0.717, 1.165) is 0 Å². The summed E-state index contributed by atoms with van der Waals surface area (Å²) in [5, 5.41) is 56.2. The number of anilines is 1. The number of hydrogen-bond acceptors (Lipinski definition) is 10. The van der Waals surface area contributed by atoms with Crippen molar-refractivity contribution in [3.8, 4) is 16.9 Å². The van der Waals surface area contributed by atoms with Crippen LogP contribution in [0.25, 0.3) is 16.9 Å². The van der Waals surface area contributed by atoms with Gasteiger partial charge in [-0.05, 0) is 36.0 Å². The lowest BCUT2D eigenvalue weighted by Crippen LogP contribution is -2.58. The molecule has 39 heavy (non-hydrogen) atoms. The highest BCUT2D eigenvalue weighted by Gasteiger charge is 2.60. The molecule has 0 spiro atoms. The van der Waals surface area contributed by atoms with Crippen LogP contribution in [0.15, 0.2) is 47.2 Å². The molecule has 3 atom stereocenters. The van der Waals surface area contributed by atoms with Gasteiger partial charge < -0.3 is 31.1 Å². The monoisotopic (exact) mass is 535 g/mol. The summed E-state index contributed by atoms with van der Waals surface area (Å²) in [6.07, 6.45) is -0.243. The minimum absolute atomic E-state index is 0.0170. The Balaban J connectivity index is 1.75. The topological polar surface area (TPSA) is 205 Å². The third-order valence-corrected chi connectivity index (χ3v) is 7.89. The summed E-state index contributed by atoms with van der Waals surface area (Å²) in [6, 6.07) is 7.19. The fourth-order valence-corrected chi connectivity index (χ4v) is 6.08. The summed E-state index contributed by atoms with van der Waals surface area (Å²) in [6.45, 7) is 0. The fourth-order valence-electron chi connectivity index (χ4n) is 6.08. The number of carbonyl (C=O) groups excluding carboxylic acids is 3. The number of rotatable bonds is 4.